The minimum Gasteiger partial charge on any atom is -0.349 e. The molecule has 20 heavy (non-hydrogen) atoms. The van der Waals surface area contributed by atoms with Crippen molar-refractivity contribution < 1.29 is 4.79 Å². The third-order valence-corrected chi connectivity index (χ3v) is 3.28. The fourth-order valence-electron chi connectivity index (χ4n) is 1.93. The molecule has 1 aromatic carbocycles. The Hall–Kier alpha value is -1.06. The van der Waals surface area contributed by atoms with Crippen LogP contribution >= 0.6 is 11.6 Å². The summed E-state index contributed by atoms with van der Waals surface area (Å²) in [5.74, 6) is 0.0727. The highest BCUT2D eigenvalue weighted by Crippen LogP contribution is 2.19. The topological polar surface area (TPSA) is 41.1 Å². The van der Waals surface area contributed by atoms with Gasteiger partial charge in [0.05, 0.1) is 6.04 Å². The summed E-state index contributed by atoms with van der Waals surface area (Å²) in [5, 5.41) is 7.09. The Kier molecular flexibility index (Phi) is 6.50. The maximum absolute atomic E-state index is 12.0. The zero-order valence-corrected chi connectivity index (χ0v) is 13.6. The lowest BCUT2D eigenvalue weighted by atomic mass is 10.0. The molecule has 1 rings (SSSR count). The molecule has 112 valence electrons. The maximum Gasteiger partial charge on any atom is 0.221 e. The number of halogens is 1. The summed E-state index contributed by atoms with van der Waals surface area (Å²) in [4.78, 5) is 12.0. The molecule has 0 aliphatic heterocycles. The van der Waals surface area contributed by atoms with E-state index in [9.17, 15) is 4.79 Å². The van der Waals surface area contributed by atoms with E-state index in [-0.39, 0.29) is 17.5 Å². The molecule has 1 atom stereocenters. The molecule has 0 radical (unpaired) electrons. The van der Waals surface area contributed by atoms with Crippen LogP contribution in [-0.4, -0.2) is 18.0 Å². The summed E-state index contributed by atoms with van der Waals surface area (Å²) in [6, 6.07) is 7.68. The first-order chi connectivity index (χ1) is 9.31. The second-order valence-electron chi connectivity index (χ2n) is 6.01. The molecule has 0 fully saturated rings. The van der Waals surface area contributed by atoms with E-state index < -0.39 is 0 Å². The van der Waals surface area contributed by atoms with Gasteiger partial charge in [0.15, 0.2) is 0 Å². The van der Waals surface area contributed by atoms with E-state index >= 15 is 0 Å². The Morgan fingerprint density at radius 2 is 1.85 bits per heavy atom. The number of carbonyl (C=O) groups excluding carboxylic acids is 1. The number of nitrogens with one attached hydrogen (secondary N) is 2. The Morgan fingerprint density at radius 1 is 1.25 bits per heavy atom. The fraction of sp³-hybridized carbons (Fsp3) is 0.562. The van der Waals surface area contributed by atoms with Crippen LogP contribution in [0, 0.1) is 0 Å². The number of benzene rings is 1. The molecular weight excluding hydrogens is 272 g/mol. The zero-order valence-electron chi connectivity index (χ0n) is 12.8. The largest absolute Gasteiger partial charge is 0.349 e. The highest BCUT2D eigenvalue weighted by Gasteiger charge is 2.14. The van der Waals surface area contributed by atoms with E-state index in [4.69, 9.17) is 11.6 Å². The lowest BCUT2D eigenvalue weighted by Gasteiger charge is -2.21. The van der Waals surface area contributed by atoms with E-state index in [1.165, 1.54) is 0 Å². The van der Waals surface area contributed by atoms with E-state index in [1.807, 2.05) is 24.3 Å². The second kappa shape index (κ2) is 7.65. The standard InChI is InChI=1S/C16H25ClN2O/c1-5-14(12-6-8-13(17)9-7-12)19-15(20)10-11-18-16(2,3)4/h6-9,14,18H,5,10-11H2,1-4H3,(H,19,20). The van der Waals surface area contributed by atoms with Crippen LogP contribution < -0.4 is 10.6 Å². The summed E-state index contributed by atoms with van der Waals surface area (Å²) in [7, 11) is 0. The van der Waals surface area contributed by atoms with Crippen molar-refractivity contribution in [3.63, 3.8) is 0 Å². The fourth-order valence-corrected chi connectivity index (χ4v) is 2.06. The minimum atomic E-state index is 0.0423. The van der Waals surface area contributed by atoms with Gasteiger partial charge >= 0.3 is 0 Å². The third kappa shape index (κ3) is 6.40. The highest BCUT2D eigenvalue weighted by molar-refractivity contribution is 6.30. The zero-order chi connectivity index (χ0) is 15.2. The van der Waals surface area contributed by atoms with E-state index in [1.54, 1.807) is 0 Å². The van der Waals surface area contributed by atoms with Gasteiger partial charge in [0.1, 0.15) is 0 Å². The van der Waals surface area contributed by atoms with Gasteiger partial charge < -0.3 is 10.6 Å². The predicted octanol–water partition coefficient (Wildman–Crippen LogP) is 3.69. The summed E-state index contributed by atoms with van der Waals surface area (Å²) in [6.45, 7) is 9.02. The maximum atomic E-state index is 12.0. The van der Waals surface area contributed by atoms with Crippen LogP contribution in [-0.2, 0) is 4.79 Å². The van der Waals surface area contributed by atoms with Crippen molar-refractivity contribution in [2.24, 2.45) is 0 Å². The monoisotopic (exact) mass is 296 g/mol. The van der Waals surface area contributed by atoms with Gasteiger partial charge in [-0.05, 0) is 44.9 Å². The van der Waals surface area contributed by atoms with Crippen molar-refractivity contribution in [2.45, 2.75) is 52.1 Å². The molecule has 0 aromatic heterocycles. The normalized spacial score (nSPS) is 13.1. The van der Waals surface area contributed by atoms with Crippen LogP contribution in [0.1, 0.15) is 52.1 Å². The van der Waals surface area contributed by atoms with Crippen LogP contribution in [0.15, 0.2) is 24.3 Å². The van der Waals surface area contributed by atoms with Gasteiger partial charge in [-0.2, -0.15) is 0 Å². The molecular formula is C16H25ClN2O. The summed E-state index contributed by atoms with van der Waals surface area (Å²) in [5.41, 5.74) is 1.13. The van der Waals surface area contributed by atoms with E-state index in [0.717, 1.165) is 12.0 Å². The van der Waals surface area contributed by atoms with E-state index in [0.29, 0.717) is 18.0 Å². The smallest absolute Gasteiger partial charge is 0.221 e. The minimum absolute atomic E-state index is 0.0423. The van der Waals surface area contributed by atoms with Crippen molar-refractivity contribution in [3.05, 3.63) is 34.9 Å². The Balaban J connectivity index is 2.48. The molecule has 1 aromatic rings. The number of hydrogen-bond donors (Lipinski definition) is 2. The lowest BCUT2D eigenvalue weighted by molar-refractivity contribution is -0.121. The summed E-state index contributed by atoms with van der Waals surface area (Å²) >= 11 is 5.88. The lowest BCUT2D eigenvalue weighted by Crippen LogP contribution is -2.39. The van der Waals surface area contributed by atoms with Gasteiger partial charge in [-0.3, -0.25) is 4.79 Å². The van der Waals surface area contributed by atoms with Crippen LogP contribution in [0.5, 0.6) is 0 Å². The van der Waals surface area contributed by atoms with Crippen LogP contribution in [0.25, 0.3) is 0 Å². The molecule has 0 heterocycles. The van der Waals surface area contributed by atoms with Gasteiger partial charge in [0.25, 0.3) is 0 Å². The SMILES string of the molecule is CCC(NC(=O)CCNC(C)(C)C)c1ccc(Cl)cc1. The average Bonchev–Trinajstić information content (AvgIpc) is 2.35. The molecule has 2 N–H and O–H groups in total. The molecule has 0 bridgehead atoms. The summed E-state index contributed by atoms with van der Waals surface area (Å²) < 4.78 is 0. The first-order valence-electron chi connectivity index (χ1n) is 7.11. The molecule has 0 saturated heterocycles. The van der Waals surface area contributed by atoms with Gasteiger partial charge in [-0.25, -0.2) is 0 Å². The van der Waals surface area contributed by atoms with E-state index in [2.05, 4.69) is 38.3 Å². The quantitative estimate of drug-likeness (QED) is 0.840. The van der Waals surface area contributed by atoms with Crippen molar-refractivity contribution in [2.75, 3.05) is 6.54 Å². The molecule has 4 heteroatoms. The van der Waals surface area contributed by atoms with Crippen molar-refractivity contribution in [3.8, 4) is 0 Å². The average molecular weight is 297 g/mol. The first-order valence-corrected chi connectivity index (χ1v) is 7.49. The Labute approximate surface area is 127 Å². The highest BCUT2D eigenvalue weighted by atomic mass is 35.5. The molecule has 0 aliphatic rings. The molecule has 0 spiro atoms. The summed E-state index contributed by atoms with van der Waals surface area (Å²) in [6.07, 6.45) is 1.35. The Morgan fingerprint density at radius 3 is 2.35 bits per heavy atom. The Bertz CT molecular complexity index is 423. The van der Waals surface area contributed by atoms with Gasteiger partial charge in [-0.1, -0.05) is 30.7 Å². The van der Waals surface area contributed by atoms with Crippen LogP contribution in [0.3, 0.4) is 0 Å². The predicted molar refractivity (Wildman–Crippen MR) is 85.0 cm³/mol. The molecule has 0 aliphatic carbocycles. The molecule has 1 unspecified atom stereocenters. The molecule has 3 nitrogen and oxygen atoms in total. The van der Waals surface area contributed by atoms with Crippen molar-refractivity contribution in [1.82, 2.24) is 10.6 Å². The number of rotatable bonds is 6. The van der Waals surface area contributed by atoms with Crippen LogP contribution in [0.4, 0.5) is 0 Å². The number of hydrogen-bond acceptors (Lipinski definition) is 2. The third-order valence-electron chi connectivity index (χ3n) is 3.02. The number of carbonyl (C=O) groups is 1. The van der Waals surface area contributed by atoms with Crippen molar-refractivity contribution in [1.29, 1.82) is 0 Å². The second-order valence-corrected chi connectivity index (χ2v) is 6.44. The molecule has 0 saturated carbocycles. The van der Waals surface area contributed by atoms with Crippen LogP contribution in [0.2, 0.25) is 5.02 Å². The van der Waals surface area contributed by atoms with Crippen molar-refractivity contribution >= 4 is 17.5 Å². The molecule has 1 amide bonds. The van der Waals surface area contributed by atoms with Gasteiger partial charge in [0, 0.05) is 23.5 Å². The first kappa shape index (κ1) is 17.0. The van der Waals surface area contributed by atoms with Gasteiger partial charge in [0.2, 0.25) is 5.91 Å². The van der Waals surface area contributed by atoms with Gasteiger partial charge in [-0.15, -0.1) is 0 Å². The number of amides is 1.